The zero-order valence-corrected chi connectivity index (χ0v) is 74.8. The van der Waals surface area contributed by atoms with E-state index in [4.69, 9.17) is 117 Å². The molecule has 1 radical (unpaired) electrons. The van der Waals surface area contributed by atoms with E-state index in [1.54, 1.807) is 19.1 Å². The molecular weight excluding hydrogens is 1730 g/mol. The molecule has 9 rings (SSSR count). The number of ether oxygens (including phenoxy) is 8. The van der Waals surface area contributed by atoms with Crippen molar-refractivity contribution in [2.75, 3.05) is 75.7 Å². The van der Waals surface area contributed by atoms with Crippen LogP contribution >= 0.6 is 52.7 Å². The van der Waals surface area contributed by atoms with Gasteiger partial charge in [-0.1, -0.05) is 64.8 Å². The summed E-state index contributed by atoms with van der Waals surface area (Å²) in [7, 11) is 9.92. The minimum absolute atomic E-state index is 0. The van der Waals surface area contributed by atoms with Gasteiger partial charge in [-0.05, 0) is 183 Å². The Bertz CT molecular complexity index is 5030. The van der Waals surface area contributed by atoms with Gasteiger partial charge in [0.25, 0.3) is 6.47 Å². The molecule has 2 aliphatic rings. The number of alkyl halides is 3. The fourth-order valence-corrected chi connectivity index (χ4v) is 8.05. The molecule has 117 heavy (non-hydrogen) atoms. The molecule has 0 aromatic heterocycles. The molecule has 0 amide bonds. The first kappa shape index (κ1) is 72.7. The number of benzene rings is 7. The Balaban J connectivity index is -0.000000215. The number of aliphatic hydroxyl groups excluding tert-OH is 2. The summed E-state index contributed by atoms with van der Waals surface area (Å²) in [5.41, 5.74) is -5.28. The monoisotopic (exact) mass is 1870 g/mol. The number of carbonyl (C=O) groups is 3. The number of thiol groups is 1. The van der Waals surface area contributed by atoms with E-state index in [2.05, 4.69) is 68.5 Å². The van der Waals surface area contributed by atoms with Crippen LogP contribution < -0.4 is 142 Å². The summed E-state index contributed by atoms with van der Waals surface area (Å²) < 4.78 is 401. The van der Waals surface area contributed by atoms with Crippen LogP contribution in [0.3, 0.4) is 0 Å². The van der Waals surface area contributed by atoms with Crippen LogP contribution in [0.15, 0.2) is 124 Å². The SMILES string of the molecule is C1CCOC1.C1CCOC1.CC#N.COc1ccc(C(C)=O)c(F)c1.O=CO[O-].OCc1cc(C(F)(F)F)ccc1Cl.[2H]C([2H])([2H])C(=O)c1ccc(OC)cc1F.[2H]C([2H])([2H])C(O)(c1ccc(OC)cc1F)C([2H])([2H])[2H].[2H]C([2H])([2H])C([2H])(c1cc(B(O)O)c(OC)cc1F)C([2H])([2H])[2H].[2H]C([2H])([2H])C([2H])(c1cc(Br)c(OC)cc1F)C([2H])([2H])[2H].[2H]C([2H])([2H])C([2H])(c1ccc(OC)cc1F)C([2H])([2H])[2H].[2H]Cl.[2H]OCC.[2H]O[2H].[B]=NS.[H-].[K+].[K+]. The van der Waals surface area contributed by atoms with E-state index in [1.807, 2.05) is 0 Å². The van der Waals surface area contributed by atoms with E-state index in [0.29, 0.717) is 24.5 Å². The van der Waals surface area contributed by atoms with Crippen LogP contribution in [0.4, 0.5) is 39.5 Å². The summed E-state index contributed by atoms with van der Waals surface area (Å²) in [6.45, 7) is -20.7. The molecule has 0 bridgehead atoms. The average molecular weight is 1880 g/mol. The molecule has 38 heteroatoms. The van der Waals surface area contributed by atoms with Gasteiger partial charge in [0.05, 0.1) is 82.1 Å². The van der Waals surface area contributed by atoms with Crippen molar-refractivity contribution >= 4 is 90.9 Å². The van der Waals surface area contributed by atoms with Crippen LogP contribution in [-0.2, 0) is 37.5 Å². The molecule has 2 fully saturated rings. The van der Waals surface area contributed by atoms with Crippen molar-refractivity contribution in [1.29, 1.82) is 10.7 Å². The second-order valence-electron chi connectivity index (χ2n) is 20.4. The first-order valence-corrected chi connectivity index (χ1v) is 32.9. The summed E-state index contributed by atoms with van der Waals surface area (Å²) in [6, 6.07) is 21.1. The largest absolute Gasteiger partial charge is 1.00 e. The van der Waals surface area contributed by atoms with E-state index in [1.165, 1.54) is 105 Å². The van der Waals surface area contributed by atoms with Crippen LogP contribution in [0.2, 0.25) is 5.02 Å². The zero-order valence-electron chi connectivity index (χ0n) is 99.6. The molecule has 7 aromatic carbocycles. The fourth-order valence-electron chi connectivity index (χ4n) is 7.37. The Labute approximate surface area is 842 Å². The molecule has 0 saturated carbocycles. The normalized spacial score (nSPS) is 16.1. The summed E-state index contributed by atoms with van der Waals surface area (Å²) in [5.74, 6) is -16.4. The maximum absolute atomic E-state index is 14.2. The number of halogens is 12. The Hall–Kier alpha value is -4.74. The number of hydrogen-bond donors (Lipinski definition) is 6. The molecule has 0 spiro atoms. The van der Waals surface area contributed by atoms with E-state index in [-0.39, 0.29) is 166 Å². The van der Waals surface area contributed by atoms with Gasteiger partial charge in [-0.15, -0.1) is 12.3 Å². The second-order valence-corrected chi connectivity index (χ2v) is 21.9. The summed E-state index contributed by atoms with van der Waals surface area (Å²) in [6.07, 6.45) is 0.717. The van der Waals surface area contributed by atoms with Gasteiger partial charge >= 0.3 is 141 Å². The number of rotatable bonds is 16. The third kappa shape index (κ3) is 56.5. The molecule has 0 aliphatic carbocycles. The van der Waals surface area contributed by atoms with Gasteiger partial charge in [-0.25, -0.2) is 26.3 Å². The predicted molar refractivity (Wildman–Crippen MR) is 436 cm³/mol. The number of nitriles is 1. The first-order chi connectivity index (χ1) is 68.0. The third-order valence-corrected chi connectivity index (χ3v) is 13.6. The summed E-state index contributed by atoms with van der Waals surface area (Å²) in [4.78, 5) is 33.3. The molecular formula is C79H107B2BrCl2F9K2N2O19S. The van der Waals surface area contributed by atoms with Crippen molar-refractivity contribution in [3.8, 4) is 40.6 Å². The minimum atomic E-state index is -4.39. The van der Waals surface area contributed by atoms with Crippen molar-refractivity contribution in [1.82, 2.24) is 0 Å². The molecule has 2 aliphatic heterocycles. The number of aliphatic hydroxyl groups is 3. The standard InChI is InChI=1S/C10H14BFO3.C10H12BrFO.C10H13FO2.C10H13FO.2C9H9FO2.C8H6ClF3O.2C4H8O.C2H3N.C2H6O.CH2O3.BHNS.ClH.2K.H2O.H/c1-6(2)7-4-8(11(13)14)10(15-3)5-9(7)12;1-6(2)7-4-8(11)10(13-3)5-9(7)12;1-10(2,12)8-5-4-7(13-3)6-9(8)11;1-7(2)9-5-4-8(12-3)6-10(9)11;2*1-6(11)8-4-3-7(12-2)5-9(8)10;9-7-2-1-6(8(10,11)12)3-5(7)4-13;2*1-2-4-5-3-1;2*1-2-3;2-1-4-3;1-2-3;;;;;/h4-6,13-14H,1-3H3;4-6H,1-3H3;4-6,12H,1-3H3;4-7H,1-3H3;2*3-5H,1-2H3;1-3,13H,4H2;2*1-4H2;1H3;3H,2H2,1H3;1,3H;3H;1H;;;1H2;/q;;;;;;;;;;;;;;2*+1;;-1/p-1/i2*1D3,2D3,6D;1D3,2D3;1D3,2D3,7D;1D3;;;;;;3D;;;;;;;/hD3. The van der Waals surface area contributed by atoms with Gasteiger partial charge in [-0.2, -0.15) is 18.4 Å². The predicted octanol–water partition coefficient (Wildman–Crippen LogP) is 10.8. The maximum atomic E-state index is 14.2. The third-order valence-electron chi connectivity index (χ3n) is 12.6. The summed E-state index contributed by atoms with van der Waals surface area (Å²) >= 11 is 15.6. The first-order valence-electron chi connectivity index (χ1n) is 47.9. The van der Waals surface area contributed by atoms with E-state index in [9.17, 15) is 64.3 Å². The van der Waals surface area contributed by atoms with Crippen LogP contribution in [0.25, 0.3) is 0 Å². The van der Waals surface area contributed by atoms with Gasteiger partial charge in [0, 0.05) is 134 Å². The van der Waals surface area contributed by atoms with Crippen LogP contribution in [0.1, 0.15) is 222 Å². The average Bonchev–Trinajstić information content (AvgIpc) is 1.20. The van der Waals surface area contributed by atoms with Crippen LogP contribution in [0.5, 0.6) is 34.5 Å². The number of hydrogen-bond acceptors (Lipinski definition) is 21. The number of methoxy groups -OCH3 is 6. The van der Waals surface area contributed by atoms with E-state index < -0.39 is 184 Å². The fraction of sp³-hybridized carbons (Fsp3) is 0.418. The molecule has 2 heterocycles. The molecule has 7 N–H and O–H groups in total. The zero-order chi connectivity index (χ0) is 118. The topological polar surface area (TPSA) is 326 Å². The quantitative estimate of drug-likeness (QED) is 0.00996. The van der Waals surface area contributed by atoms with Crippen molar-refractivity contribution < 1.29 is 278 Å². The Morgan fingerprint density at radius 2 is 1.08 bits per heavy atom. The molecule has 2 saturated heterocycles. The Morgan fingerprint density at radius 1 is 0.709 bits per heavy atom. The van der Waals surface area contributed by atoms with Crippen molar-refractivity contribution in [3.63, 3.8) is 0 Å². The molecule has 7 aromatic rings. The van der Waals surface area contributed by atoms with E-state index >= 15 is 0 Å². The van der Waals surface area contributed by atoms with Crippen LogP contribution in [-0.4, -0.2) is 145 Å². The van der Waals surface area contributed by atoms with Gasteiger partial charge in [0.2, 0.25) is 4.29 Å². The van der Waals surface area contributed by atoms with Gasteiger partial charge in [0.15, 0.2) is 11.6 Å². The summed E-state index contributed by atoms with van der Waals surface area (Å²) in [5, 5.41) is 56.9. The van der Waals surface area contributed by atoms with Crippen molar-refractivity contribution in [2.45, 2.75) is 144 Å². The van der Waals surface area contributed by atoms with E-state index in [0.717, 1.165) is 100 Å². The van der Waals surface area contributed by atoms with Crippen molar-refractivity contribution in [2.24, 2.45) is 4.30 Å². The molecule has 0 unspecified atom stereocenters. The minimum Gasteiger partial charge on any atom is -1.00 e. The number of ketones is 2. The van der Waals surface area contributed by atoms with Gasteiger partial charge < -0.3 is 80.3 Å². The Morgan fingerprint density at radius 3 is 1.38 bits per heavy atom. The number of nitrogens with zero attached hydrogens (tertiary/aromatic N) is 2. The molecule has 0 atom stereocenters. The Kier molecular flexibility index (Phi) is 45.9. The smallest absolute Gasteiger partial charge is 1.00 e. The van der Waals surface area contributed by atoms with Gasteiger partial charge in [0.1, 0.15) is 70.6 Å². The second kappa shape index (κ2) is 73.9. The number of carbonyl (C=O) groups excluding carboxylic acids is 3. The maximum Gasteiger partial charge on any atom is 1.00 e. The molecule has 645 valence electrons. The number of Topliss-reactive ketones (excluding diaryl/α,β-unsaturated/α-hetero) is 2. The van der Waals surface area contributed by atoms with Crippen molar-refractivity contribution in [3.05, 3.63) is 204 Å². The van der Waals surface area contributed by atoms with Crippen LogP contribution in [0, 0.1) is 46.2 Å². The van der Waals surface area contributed by atoms with Gasteiger partial charge in [-0.3, -0.25) is 14.4 Å². The molecule has 21 nitrogen and oxygen atoms in total.